The molecule has 0 aliphatic carbocycles. The smallest absolute Gasteiger partial charge is 0.381 e. The molecule has 0 atom stereocenters. The van der Waals surface area contributed by atoms with E-state index in [4.69, 9.17) is 9.72 Å². The van der Waals surface area contributed by atoms with Gasteiger partial charge in [-0.3, -0.25) is 0 Å². The van der Waals surface area contributed by atoms with Crippen LogP contribution in [0.2, 0.25) is 0 Å². The Morgan fingerprint density at radius 2 is 1.88 bits per heavy atom. The van der Waals surface area contributed by atoms with Gasteiger partial charge in [-0.1, -0.05) is 11.8 Å². The highest BCUT2D eigenvalue weighted by Crippen LogP contribution is 2.43. The number of nitrogens with one attached hydrogen (secondary N) is 1. The van der Waals surface area contributed by atoms with Crippen molar-refractivity contribution >= 4 is 39.8 Å². The molecular formula is C23H21F3N6OS. The van der Waals surface area contributed by atoms with Crippen LogP contribution in [0.5, 0.6) is 0 Å². The van der Waals surface area contributed by atoms with Gasteiger partial charge in [0, 0.05) is 42.4 Å². The van der Waals surface area contributed by atoms with Gasteiger partial charge < -0.3 is 14.6 Å². The third kappa shape index (κ3) is 3.86. The van der Waals surface area contributed by atoms with Crippen molar-refractivity contribution in [1.82, 2.24) is 24.9 Å². The molecule has 6 heterocycles. The SMILES string of the molecule is FC(F)(F)c1cnc2[nH]ccc2c1Sc1ccc2nc(N3CCC4(CCOC4)CC3)cnc2n1. The van der Waals surface area contributed by atoms with E-state index in [1.807, 2.05) is 0 Å². The standard InChI is InChI=1S/C23H21F3N6OS/c24-23(25,26)15-11-28-20-14(3-7-27-20)19(15)34-18-2-1-16-21(31-18)29-12-17(30-16)32-8-4-22(5-9-32)6-10-33-13-22/h1-3,7,11-12H,4-6,8-10,13H2,(H,27,28). The van der Waals surface area contributed by atoms with E-state index >= 15 is 0 Å². The Balaban J connectivity index is 1.27. The quantitative estimate of drug-likeness (QED) is 0.433. The normalized spacial score (nSPS) is 18.4. The second-order valence-corrected chi connectivity index (χ2v) is 9.88. The van der Waals surface area contributed by atoms with Crippen LogP contribution in [-0.4, -0.2) is 51.2 Å². The lowest BCUT2D eigenvalue weighted by Crippen LogP contribution is -2.40. The maximum atomic E-state index is 13.6. The Kier molecular flexibility index (Phi) is 5.14. The molecule has 176 valence electrons. The zero-order valence-electron chi connectivity index (χ0n) is 18.1. The summed E-state index contributed by atoms with van der Waals surface area (Å²) in [5, 5.41) is 0.814. The molecular weight excluding hydrogens is 465 g/mol. The van der Waals surface area contributed by atoms with Gasteiger partial charge in [0.2, 0.25) is 0 Å². The van der Waals surface area contributed by atoms with Crippen LogP contribution in [-0.2, 0) is 10.9 Å². The molecule has 11 heteroatoms. The summed E-state index contributed by atoms with van der Waals surface area (Å²) in [7, 11) is 0. The molecule has 2 saturated heterocycles. The fourth-order valence-electron chi connectivity index (χ4n) is 4.74. The van der Waals surface area contributed by atoms with Crippen LogP contribution in [0.4, 0.5) is 19.0 Å². The van der Waals surface area contributed by atoms with Crippen LogP contribution >= 0.6 is 11.8 Å². The van der Waals surface area contributed by atoms with Crippen LogP contribution in [0.25, 0.3) is 22.2 Å². The van der Waals surface area contributed by atoms with Crippen LogP contribution in [0.3, 0.4) is 0 Å². The minimum absolute atomic E-state index is 0.0633. The zero-order valence-corrected chi connectivity index (χ0v) is 18.9. The number of aromatic amines is 1. The topological polar surface area (TPSA) is 79.8 Å². The first-order valence-corrected chi connectivity index (χ1v) is 11.9. The maximum Gasteiger partial charge on any atom is 0.419 e. The summed E-state index contributed by atoms with van der Waals surface area (Å²) in [6.45, 7) is 3.50. The molecule has 0 bridgehead atoms. The first kappa shape index (κ1) is 21.6. The molecule has 4 aromatic heterocycles. The molecule has 0 unspecified atom stereocenters. The van der Waals surface area contributed by atoms with Gasteiger partial charge in [-0.15, -0.1) is 0 Å². The third-order valence-electron chi connectivity index (χ3n) is 6.75. The van der Waals surface area contributed by atoms with Crippen LogP contribution < -0.4 is 4.90 Å². The summed E-state index contributed by atoms with van der Waals surface area (Å²) >= 11 is 0.952. The summed E-state index contributed by atoms with van der Waals surface area (Å²) in [5.74, 6) is 0.797. The predicted octanol–water partition coefficient (Wildman–Crippen LogP) is 5.08. The molecule has 2 aliphatic heterocycles. The molecule has 1 spiro atoms. The minimum atomic E-state index is -4.52. The Bertz CT molecular complexity index is 1360. The summed E-state index contributed by atoms with van der Waals surface area (Å²) in [6, 6.07) is 5.04. The number of nitrogens with zero attached hydrogens (tertiary/aromatic N) is 5. The van der Waals surface area contributed by atoms with Crippen molar-refractivity contribution in [2.45, 2.75) is 35.4 Å². The monoisotopic (exact) mass is 486 g/mol. The van der Waals surface area contributed by atoms with Crippen molar-refractivity contribution in [2.24, 2.45) is 5.41 Å². The van der Waals surface area contributed by atoms with Crippen LogP contribution in [0.15, 0.2) is 46.7 Å². The van der Waals surface area contributed by atoms with Gasteiger partial charge in [0.25, 0.3) is 0 Å². The molecule has 1 N–H and O–H groups in total. The Morgan fingerprint density at radius 3 is 2.65 bits per heavy atom. The van der Waals surface area contributed by atoms with Crippen molar-refractivity contribution < 1.29 is 17.9 Å². The highest BCUT2D eigenvalue weighted by atomic mass is 32.2. The number of pyridine rings is 2. The first-order chi connectivity index (χ1) is 16.4. The number of aromatic nitrogens is 5. The number of ether oxygens (including phenoxy) is 1. The average Bonchev–Trinajstić information content (AvgIpc) is 3.49. The van der Waals surface area contributed by atoms with Crippen molar-refractivity contribution in [3.8, 4) is 0 Å². The molecule has 0 aromatic carbocycles. The van der Waals surface area contributed by atoms with Crippen molar-refractivity contribution in [1.29, 1.82) is 0 Å². The van der Waals surface area contributed by atoms with E-state index in [0.717, 1.165) is 69.3 Å². The van der Waals surface area contributed by atoms with E-state index < -0.39 is 11.7 Å². The third-order valence-corrected chi connectivity index (χ3v) is 7.83. The molecule has 34 heavy (non-hydrogen) atoms. The highest BCUT2D eigenvalue weighted by Gasteiger charge is 2.38. The van der Waals surface area contributed by atoms with Gasteiger partial charge in [0.05, 0.1) is 18.4 Å². The van der Waals surface area contributed by atoms with Crippen molar-refractivity contribution in [2.75, 3.05) is 31.2 Å². The number of hydrogen-bond donors (Lipinski definition) is 1. The van der Waals surface area contributed by atoms with Crippen molar-refractivity contribution in [3.05, 3.63) is 42.4 Å². The minimum Gasteiger partial charge on any atom is -0.381 e. The number of anilines is 1. The Labute approximate surface area is 197 Å². The van der Waals surface area contributed by atoms with Crippen LogP contribution in [0.1, 0.15) is 24.8 Å². The van der Waals surface area contributed by atoms with Gasteiger partial charge in [0.15, 0.2) is 5.65 Å². The van der Waals surface area contributed by atoms with E-state index in [1.54, 1.807) is 30.6 Å². The number of alkyl halides is 3. The van der Waals surface area contributed by atoms with Crippen molar-refractivity contribution in [3.63, 3.8) is 0 Å². The lowest BCUT2D eigenvalue weighted by molar-refractivity contribution is -0.139. The number of rotatable bonds is 3. The molecule has 0 amide bonds. The molecule has 0 saturated carbocycles. The Morgan fingerprint density at radius 1 is 1.03 bits per heavy atom. The number of piperidine rings is 1. The lowest BCUT2D eigenvalue weighted by atomic mass is 9.78. The van der Waals surface area contributed by atoms with Gasteiger partial charge in [-0.25, -0.2) is 19.9 Å². The Hall–Kier alpha value is -2.92. The van der Waals surface area contributed by atoms with Gasteiger partial charge in [-0.05, 0) is 42.9 Å². The average molecular weight is 487 g/mol. The fourth-order valence-corrected chi connectivity index (χ4v) is 5.77. The number of halogens is 3. The summed E-state index contributed by atoms with van der Waals surface area (Å²) in [4.78, 5) is 22.7. The van der Waals surface area contributed by atoms with Gasteiger partial charge >= 0.3 is 6.18 Å². The number of hydrogen-bond acceptors (Lipinski definition) is 7. The summed E-state index contributed by atoms with van der Waals surface area (Å²) in [5.41, 5.74) is 0.932. The van der Waals surface area contributed by atoms with E-state index in [0.29, 0.717) is 32.6 Å². The second-order valence-electron chi connectivity index (χ2n) is 8.85. The van der Waals surface area contributed by atoms with Gasteiger partial charge in [-0.2, -0.15) is 13.2 Å². The molecule has 4 aromatic rings. The second kappa shape index (κ2) is 8.09. The number of fused-ring (bicyclic) bond motifs is 2. The van der Waals surface area contributed by atoms with Gasteiger partial charge in [0.1, 0.15) is 22.0 Å². The largest absolute Gasteiger partial charge is 0.419 e. The summed E-state index contributed by atoms with van der Waals surface area (Å²) < 4.78 is 46.5. The number of H-pyrrole nitrogens is 1. The fraction of sp³-hybridized carbons (Fsp3) is 0.391. The maximum absolute atomic E-state index is 13.6. The zero-order chi connectivity index (χ0) is 23.3. The first-order valence-electron chi connectivity index (χ1n) is 11.1. The molecule has 7 nitrogen and oxygen atoms in total. The van der Waals surface area contributed by atoms with Crippen LogP contribution in [0, 0.1) is 5.41 Å². The summed E-state index contributed by atoms with van der Waals surface area (Å²) in [6.07, 6.45) is 2.87. The molecule has 6 rings (SSSR count). The molecule has 2 fully saturated rings. The van der Waals surface area contributed by atoms with E-state index in [9.17, 15) is 13.2 Å². The predicted molar refractivity (Wildman–Crippen MR) is 122 cm³/mol. The lowest BCUT2D eigenvalue weighted by Gasteiger charge is -2.38. The van der Waals surface area contributed by atoms with E-state index in [2.05, 4.69) is 24.8 Å². The van der Waals surface area contributed by atoms with E-state index in [-0.39, 0.29) is 4.90 Å². The molecule has 0 radical (unpaired) electrons. The van der Waals surface area contributed by atoms with E-state index in [1.165, 1.54) is 0 Å². The molecule has 2 aliphatic rings. The highest BCUT2D eigenvalue weighted by molar-refractivity contribution is 7.99.